The third-order valence-electron chi connectivity index (χ3n) is 5.11. The van der Waals surface area contributed by atoms with Crippen molar-refractivity contribution in [1.29, 1.82) is 0 Å². The quantitative estimate of drug-likeness (QED) is 0.532. The first kappa shape index (κ1) is 21.3. The minimum atomic E-state index is -0.125. The number of hydrogen-bond donors (Lipinski definition) is 0. The minimum absolute atomic E-state index is 0.125. The average Bonchev–Trinajstić information content (AvgIpc) is 3.39. The number of hydrogen-bond acceptors (Lipinski definition) is 6. The molecule has 0 N–H and O–H groups in total. The topological polar surface area (TPSA) is 63.5 Å². The van der Waals surface area contributed by atoms with E-state index in [1.165, 1.54) is 11.3 Å². The number of benzene rings is 1. The van der Waals surface area contributed by atoms with Gasteiger partial charge >= 0.3 is 0 Å². The molecule has 2 heterocycles. The molecule has 1 amide bonds. The van der Waals surface area contributed by atoms with Crippen molar-refractivity contribution in [3.8, 4) is 5.75 Å². The Kier molecular flexibility index (Phi) is 6.87. The molecular weight excluding hydrogens is 386 g/mol. The molecule has 0 bridgehead atoms. The molecule has 3 aromatic rings. The Morgan fingerprint density at radius 3 is 2.55 bits per heavy atom. The second-order valence-corrected chi connectivity index (χ2v) is 7.78. The van der Waals surface area contributed by atoms with Crippen LogP contribution in [-0.4, -0.2) is 58.9 Å². The molecule has 0 spiro atoms. The monoisotopic (exact) mass is 415 g/mol. The molecule has 0 saturated carbocycles. The predicted molar refractivity (Wildman–Crippen MR) is 118 cm³/mol. The van der Waals surface area contributed by atoms with Gasteiger partial charge in [-0.25, -0.2) is 4.98 Å². The first-order valence-electron chi connectivity index (χ1n) is 10.0. The van der Waals surface area contributed by atoms with Crippen molar-refractivity contribution in [3.05, 3.63) is 35.7 Å². The summed E-state index contributed by atoms with van der Waals surface area (Å²) in [6.07, 6.45) is 1.83. The first-order valence-corrected chi connectivity index (χ1v) is 10.9. The zero-order valence-electron chi connectivity index (χ0n) is 17.8. The van der Waals surface area contributed by atoms with Crippen molar-refractivity contribution in [2.24, 2.45) is 0 Å². The van der Waals surface area contributed by atoms with E-state index in [1.807, 2.05) is 25.3 Å². The lowest BCUT2D eigenvalue weighted by Gasteiger charge is -2.24. The van der Waals surface area contributed by atoms with Gasteiger partial charge in [-0.3, -0.25) is 14.4 Å². The standard InChI is InChI=1S/C21H29N5O2S/c1-6-24(7-2)13-14-26(20(27)16-11-12-25(8-3)23-16)21-22-18-17(28-5)10-9-15(4)19(18)29-21/h9-12H,6-8,13-14H2,1-5H3. The summed E-state index contributed by atoms with van der Waals surface area (Å²) in [7, 11) is 1.64. The minimum Gasteiger partial charge on any atom is -0.494 e. The van der Waals surface area contributed by atoms with Crippen molar-refractivity contribution >= 4 is 32.6 Å². The third-order valence-corrected chi connectivity index (χ3v) is 6.32. The van der Waals surface area contributed by atoms with Crippen LogP contribution in [0.4, 0.5) is 5.13 Å². The lowest BCUT2D eigenvalue weighted by Crippen LogP contribution is -2.39. The molecule has 0 radical (unpaired) electrons. The molecule has 0 aliphatic carbocycles. The van der Waals surface area contributed by atoms with Gasteiger partial charge in [-0.2, -0.15) is 5.10 Å². The van der Waals surface area contributed by atoms with Gasteiger partial charge in [0, 0.05) is 25.8 Å². The van der Waals surface area contributed by atoms with Gasteiger partial charge in [0.2, 0.25) is 0 Å². The van der Waals surface area contributed by atoms with E-state index in [2.05, 4.69) is 30.8 Å². The van der Waals surface area contributed by atoms with Gasteiger partial charge in [0.05, 0.1) is 11.8 Å². The number of methoxy groups -OCH3 is 1. The van der Waals surface area contributed by atoms with Gasteiger partial charge in [-0.1, -0.05) is 31.3 Å². The molecule has 0 aliphatic rings. The van der Waals surface area contributed by atoms with Gasteiger partial charge < -0.3 is 9.64 Å². The van der Waals surface area contributed by atoms with Crippen LogP contribution in [0, 0.1) is 6.92 Å². The highest BCUT2D eigenvalue weighted by molar-refractivity contribution is 7.22. The fourth-order valence-corrected chi connectivity index (χ4v) is 4.31. The van der Waals surface area contributed by atoms with Crippen molar-refractivity contribution < 1.29 is 9.53 Å². The summed E-state index contributed by atoms with van der Waals surface area (Å²) in [5, 5.41) is 5.09. The smallest absolute Gasteiger partial charge is 0.280 e. The van der Waals surface area contributed by atoms with Gasteiger partial charge in [0.15, 0.2) is 10.8 Å². The molecular formula is C21H29N5O2S. The van der Waals surface area contributed by atoms with Gasteiger partial charge in [-0.05, 0) is 44.6 Å². The number of fused-ring (bicyclic) bond motifs is 1. The number of anilines is 1. The summed E-state index contributed by atoms with van der Waals surface area (Å²) in [5.41, 5.74) is 2.36. The highest BCUT2D eigenvalue weighted by Gasteiger charge is 2.25. The molecule has 29 heavy (non-hydrogen) atoms. The van der Waals surface area contributed by atoms with Crippen molar-refractivity contribution in [2.45, 2.75) is 34.2 Å². The summed E-state index contributed by atoms with van der Waals surface area (Å²) >= 11 is 1.52. The van der Waals surface area contributed by atoms with E-state index in [0.717, 1.165) is 47.7 Å². The summed E-state index contributed by atoms with van der Waals surface area (Å²) < 4.78 is 8.29. The van der Waals surface area contributed by atoms with E-state index < -0.39 is 0 Å². The average molecular weight is 416 g/mol. The number of aromatic nitrogens is 3. The van der Waals surface area contributed by atoms with Gasteiger partial charge in [0.25, 0.3) is 5.91 Å². The van der Waals surface area contributed by atoms with Crippen molar-refractivity contribution in [3.63, 3.8) is 0 Å². The Balaban J connectivity index is 2.01. The zero-order chi connectivity index (χ0) is 21.0. The van der Waals surface area contributed by atoms with E-state index in [0.29, 0.717) is 17.4 Å². The molecule has 3 rings (SSSR count). The Labute approximate surface area is 175 Å². The Hall–Kier alpha value is -2.45. The lowest BCUT2D eigenvalue weighted by atomic mass is 10.2. The van der Waals surface area contributed by atoms with Crippen LogP contribution >= 0.6 is 11.3 Å². The third kappa shape index (κ3) is 4.43. The maximum absolute atomic E-state index is 13.3. The predicted octanol–water partition coefficient (Wildman–Crippen LogP) is 3.82. The molecule has 1 aromatic carbocycles. The summed E-state index contributed by atoms with van der Waals surface area (Å²) in [6, 6.07) is 5.72. The molecule has 2 aromatic heterocycles. The molecule has 8 heteroatoms. The van der Waals surface area contributed by atoms with Crippen LogP contribution in [0.5, 0.6) is 5.75 Å². The Bertz CT molecular complexity index is 977. The van der Waals surface area contributed by atoms with E-state index in [1.54, 1.807) is 22.8 Å². The zero-order valence-corrected chi connectivity index (χ0v) is 18.6. The summed E-state index contributed by atoms with van der Waals surface area (Å²) in [4.78, 5) is 22.2. The maximum Gasteiger partial charge on any atom is 0.280 e. The molecule has 0 saturated heterocycles. The number of thiazole rings is 1. The number of likely N-dealkylation sites (N-methyl/N-ethyl adjacent to an activating group) is 1. The van der Waals surface area contributed by atoms with Crippen LogP contribution in [-0.2, 0) is 6.54 Å². The second kappa shape index (κ2) is 9.37. The largest absolute Gasteiger partial charge is 0.494 e. The Morgan fingerprint density at radius 1 is 1.17 bits per heavy atom. The van der Waals surface area contributed by atoms with E-state index in [-0.39, 0.29) is 5.91 Å². The van der Waals surface area contributed by atoms with Crippen LogP contribution in [0.25, 0.3) is 10.2 Å². The SMILES string of the molecule is CCN(CC)CCN(C(=O)c1ccn(CC)n1)c1nc2c(OC)ccc(C)c2s1. The number of nitrogens with zero attached hydrogens (tertiary/aromatic N) is 5. The van der Waals surface area contributed by atoms with E-state index >= 15 is 0 Å². The van der Waals surface area contributed by atoms with Crippen LogP contribution in [0.3, 0.4) is 0 Å². The number of rotatable bonds is 9. The fraction of sp³-hybridized carbons (Fsp3) is 0.476. The van der Waals surface area contributed by atoms with Crippen LogP contribution in [0.2, 0.25) is 0 Å². The van der Waals surface area contributed by atoms with Gasteiger partial charge in [0.1, 0.15) is 11.3 Å². The highest BCUT2D eigenvalue weighted by atomic mass is 32.1. The number of aryl methyl sites for hydroxylation is 2. The number of carbonyl (C=O) groups is 1. The van der Waals surface area contributed by atoms with Gasteiger partial charge in [-0.15, -0.1) is 0 Å². The Morgan fingerprint density at radius 2 is 1.93 bits per heavy atom. The number of ether oxygens (including phenoxy) is 1. The van der Waals surface area contributed by atoms with E-state index in [9.17, 15) is 4.79 Å². The normalized spacial score (nSPS) is 11.4. The van der Waals surface area contributed by atoms with E-state index in [4.69, 9.17) is 9.72 Å². The van der Waals surface area contributed by atoms with Crippen LogP contribution < -0.4 is 9.64 Å². The summed E-state index contributed by atoms with van der Waals surface area (Å²) in [5.74, 6) is 0.597. The molecule has 0 unspecified atom stereocenters. The lowest BCUT2D eigenvalue weighted by molar-refractivity contribution is 0.0978. The van der Waals surface area contributed by atoms with Crippen molar-refractivity contribution in [2.75, 3.05) is 38.2 Å². The highest BCUT2D eigenvalue weighted by Crippen LogP contribution is 2.36. The first-order chi connectivity index (χ1) is 14.0. The maximum atomic E-state index is 13.3. The molecule has 0 atom stereocenters. The molecule has 0 fully saturated rings. The number of amides is 1. The van der Waals surface area contributed by atoms with Crippen LogP contribution in [0.1, 0.15) is 36.8 Å². The van der Waals surface area contributed by atoms with Crippen LogP contribution in [0.15, 0.2) is 24.4 Å². The molecule has 0 aliphatic heterocycles. The molecule has 7 nitrogen and oxygen atoms in total. The second-order valence-electron chi connectivity index (χ2n) is 6.80. The summed E-state index contributed by atoms with van der Waals surface area (Å²) in [6.45, 7) is 12.3. The fourth-order valence-electron chi connectivity index (χ4n) is 3.23. The molecule has 156 valence electrons. The number of carbonyl (C=O) groups excluding carboxylic acids is 1. The van der Waals surface area contributed by atoms with Crippen molar-refractivity contribution in [1.82, 2.24) is 19.7 Å².